The Morgan fingerprint density at radius 3 is 2.24 bits per heavy atom. The van der Waals surface area contributed by atoms with Gasteiger partial charge in [0.25, 0.3) is 0 Å². The highest BCUT2D eigenvalue weighted by atomic mass is 35.5. The Morgan fingerprint density at radius 2 is 1.67 bits per heavy atom. The van der Waals surface area contributed by atoms with Crippen molar-refractivity contribution >= 4 is 28.9 Å². The number of ether oxygens (including phenoxy) is 1. The highest BCUT2D eigenvalue weighted by molar-refractivity contribution is 6.42. The minimum absolute atomic E-state index is 0.0263. The van der Waals surface area contributed by atoms with Gasteiger partial charge in [-0.15, -0.1) is 0 Å². The summed E-state index contributed by atoms with van der Waals surface area (Å²) in [4.78, 5) is 0. The lowest BCUT2D eigenvalue weighted by molar-refractivity contribution is 0.479. The molecule has 0 spiro atoms. The van der Waals surface area contributed by atoms with Gasteiger partial charge in [-0.2, -0.15) is 0 Å². The molecular formula is C17H19Cl2NO. The molecule has 0 amide bonds. The normalized spacial score (nSPS) is 11.3. The lowest BCUT2D eigenvalue weighted by Gasteiger charge is -2.22. The van der Waals surface area contributed by atoms with E-state index in [0.29, 0.717) is 15.8 Å². The molecule has 0 unspecified atom stereocenters. The zero-order valence-electron chi connectivity index (χ0n) is 12.6. The van der Waals surface area contributed by atoms with Gasteiger partial charge in [-0.05, 0) is 63.6 Å². The first-order valence-electron chi connectivity index (χ1n) is 6.76. The predicted octanol–water partition coefficient (Wildman–Crippen LogP) is 6.30. The van der Waals surface area contributed by atoms with E-state index in [1.165, 1.54) is 0 Å². The first-order valence-corrected chi connectivity index (χ1v) is 7.52. The summed E-state index contributed by atoms with van der Waals surface area (Å²) in [6.07, 6.45) is 0. The van der Waals surface area contributed by atoms with Crippen molar-refractivity contribution in [1.29, 1.82) is 0 Å². The van der Waals surface area contributed by atoms with Crippen molar-refractivity contribution in [2.24, 2.45) is 0 Å². The highest BCUT2D eigenvalue weighted by Gasteiger charge is 2.11. The molecule has 2 aromatic carbocycles. The monoisotopic (exact) mass is 323 g/mol. The van der Waals surface area contributed by atoms with E-state index in [1.807, 2.05) is 19.1 Å². The molecule has 2 aromatic rings. The van der Waals surface area contributed by atoms with Gasteiger partial charge in [-0.25, -0.2) is 0 Å². The van der Waals surface area contributed by atoms with E-state index in [-0.39, 0.29) is 5.54 Å². The average Bonchev–Trinajstić information content (AvgIpc) is 2.35. The number of rotatable bonds is 3. The van der Waals surface area contributed by atoms with E-state index in [9.17, 15) is 0 Å². The van der Waals surface area contributed by atoms with Crippen molar-refractivity contribution in [1.82, 2.24) is 0 Å². The maximum atomic E-state index is 6.00. The van der Waals surface area contributed by atoms with Gasteiger partial charge >= 0.3 is 0 Å². The fraction of sp³-hybridized carbons (Fsp3) is 0.294. The van der Waals surface area contributed by atoms with Crippen LogP contribution in [0.3, 0.4) is 0 Å². The van der Waals surface area contributed by atoms with Crippen LogP contribution in [0.15, 0.2) is 36.4 Å². The van der Waals surface area contributed by atoms with E-state index in [4.69, 9.17) is 27.9 Å². The van der Waals surface area contributed by atoms with Crippen LogP contribution in [0.25, 0.3) is 0 Å². The van der Waals surface area contributed by atoms with Crippen molar-refractivity contribution in [3.8, 4) is 11.5 Å². The third-order valence-corrected chi connectivity index (χ3v) is 3.55. The van der Waals surface area contributed by atoms with Crippen LogP contribution in [0, 0.1) is 6.92 Å². The van der Waals surface area contributed by atoms with Gasteiger partial charge in [-0.1, -0.05) is 23.2 Å². The van der Waals surface area contributed by atoms with Crippen molar-refractivity contribution in [3.05, 3.63) is 52.0 Å². The number of benzene rings is 2. The zero-order chi connectivity index (χ0) is 15.6. The van der Waals surface area contributed by atoms with Gasteiger partial charge < -0.3 is 10.1 Å². The van der Waals surface area contributed by atoms with Crippen LogP contribution in [-0.2, 0) is 0 Å². The maximum absolute atomic E-state index is 6.00. The van der Waals surface area contributed by atoms with Crippen LogP contribution < -0.4 is 10.1 Å². The van der Waals surface area contributed by atoms with Crippen LogP contribution in [-0.4, -0.2) is 5.54 Å². The molecular weight excluding hydrogens is 305 g/mol. The number of aryl methyl sites for hydroxylation is 1. The van der Waals surface area contributed by atoms with E-state index in [2.05, 4.69) is 32.2 Å². The Labute approximate surface area is 136 Å². The SMILES string of the molecule is Cc1cc(NC(C)(C)C)ccc1Oc1ccc(Cl)c(Cl)c1. The number of nitrogens with one attached hydrogen (secondary N) is 1. The molecule has 0 saturated heterocycles. The van der Waals surface area contributed by atoms with Crippen LogP contribution >= 0.6 is 23.2 Å². The summed E-state index contributed by atoms with van der Waals surface area (Å²) in [6, 6.07) is 11.3. The van der Waals surface area contributed by atoms with Crippen molar-refractivity contribution in [2.75, 3.05) is 5.32 Å². The van der Waals surface area contributed by atoms with Crippen molar-refractivity contribution < 1.29 is 4.74 Å². The summed E-state index contributed by atoms with van der Waals surface area (Å²) < 4.78 is 5.86. The Balaban J connectivity index is 2.19. The van der Waals surface area contributed by atoms with Crippen LogP contribution in [0.2, 0.25) is 10.0 Å². The molecule has 0 fully saturated rings. The third-order valence-electron chi connectivity index (χ3n) is 2.81. The minimum Gasteiger partial charge on any atom is -0.457 e. The largest absolute Gasteiger partial charge is 0.457 e. The van der Waals surface area contributed by atoms with Crippen molar-refractivity contribution in [2.45, 2.75) is 33.2 Å². The minimum atomic E-state index is 0.0263. The summed E-state index contributed by atoms with van der Waals surface area (Å²) in [7, 11) is 0. The first-order chi connectivity index (χ1) is 9.74. The Kier molecular flexibility index (Phi) is 4.70. The molecule has 2 nitrogen and oxygen atoms in total. The molecule has 0 aliphatic rings. The van der Waals surface area contributed by atoms with E-state index < -0.39 is 0 Å². The highest BCUT2D eigenvalue weighted by Crippen LogP contribution is 2.32. The Morgan fingerprint density at radius 1 is 0.952 bits per heavy atom. The van der Waals surface area contributed by atoms with Crippen LogP contribution in [0.5, 0.6) is 11.5 Å². The smallest absolute Gasteiger partial charge is 0.130 e. The first kappa shape index (κ1) is 16.0. The van der Waals surface area contributed by atoms with E-state index in [1.54, 1.807) is 18.2 Å². The van der Waals surface area contributed by atoms with Gasteiger partial charge in [0.1, 0.15) is 11.5 Å². The molecule has 4 heteroatoms. The number of hydrogen-bond donors (Lipinski definition) is 1. The van der Waals surface area contributed by atoms with Crippen molar-refractivity contribution in [3.63, 3.8) is 0 Å². The second kappa shape index (κ2) is 6.17. The van der Waals surface area contributed by atoms with E-state index in [0.717, 1.165) is 17.0 Å². The maximum Gasteiger partial charge on any atom is 0.130 e. The molecule has 0 radical (unpaired) electrons. The molecule has 0 heterocycles. The molecule has 0 atom stereocenters. The molecule has 0 bridgehead atoms. The van der Waals surface area contributed by atoms with Gasteiger partial charge in [0.05, 0.1) is 10.0 Å². The molecule has 0 aromatic heterocycles. The van der Waals surface area contributed by atoms with Gasteiger partial charge in [0, 0.05) is 17.3 Å². The number of hydrogen-bond acceptors (Lipinski definition) is 2. The van der Waals surface area contributed by atoms with Crippen LogP contribution in [0.1, 0.15) is 26.3 Å². The van der Waals surface area contributed by atoms with Gasteiger partial charge in [0.15, 0.2) is 0 Å². The topological polar surface area (TPSA) is 21.3 Å². The summed E-state index contributed by atoms with van der Waals surface area (Å²) in [5.41, 5.74) is 2.15. The van der Waals surface area contributed by atoms with Gasteiger partial charge in [-0.3, -0.25) is 0 Å². The van der Waals surface area contributed by atoms with Crippen LogP contribution in [0.4, 0.5) is 5.69 Å². The molecule has 0 aliphatic heterocycles. The second-order valence-corrected chi connectivity index (χ2v) is 6.85. The fourth-order valence-corrected chi connectivity index (χ4v) is 2.23. The Hall–Kier alpha value is -1.38. The lowest BCUT2D eigenvalue weighted by Crippen LogP contribution is -2.25. The zero-order valence-corrected chi connectivity index (χ0v) is 14.1. The quantitative estimate of drug-likeness (QED) is 0.715. The predicted molar refractivity (Wildman–Crippen MR) is 91.1 cm³/mol. The molecule has 2 rings (SSSR count). The second-order valence-electron chi connectivity index (χ2n) is 6.03. The standard InChI is InChI=1S/C17H19Cl2NO/c1-11-9-12(20-17(2,3)4)5-8-16(11)21-13-6-7-14(18)15(19)10-13/h5-10,20H,1-4H3. The molecule has 0 saturated carbocycles. The molecule has 1 N–H and O–H groups in total. The molecule has 112 valence electrons. The average molecular weight is 324 g/mol. The Bertz CT molecular complexity index is 648. The fourth-order valence-electron chi connectivity index (χ4n) is 1.94. The number of halogens is 2. The summed E-state index contributed by atoms with van der Waals surface area (Å²) in [5, 5.41) is 4.44. The lowest BCUT2D eigenvalue weighted by atomic mass is 10.1. The van der Waals surface area contributed by atoms with E-state index >= 15 is 0 Å². The third kappa shape index (κ3) is 4.55. The molecule has 21 heavy (non-hydrogen) atoms. The summed E-state index contributed by atoms with van der Waals surface area (Å²) >= 11 is 11.9. The summed E-state index contributed by atoms with van der Waals surface area (Å²) in [5.74, 6) is 1.47. The molecule has 0 aliphatic carbocycles. The van der Waals surface area contributed by atoms with Gasteiger partial charge in [0.2, 0.25) is 0 Å². The summed E-state index contributed by atoms with van der Waals surface area (Å²) in [6.45, 7) is 8.40. The number of anilines is 1.